The molecular weight excluding hydrogens is 310 g/mol. The van der Waals surface area contributed by atoms with Crippen molar-refractivity contribution in [1.82, 2.24) is 0 Å². The van der Waals surface area contributed by atoms with E-state index in [1.165, 1.54) is 0 Å². The minimum Gasteiger partial charge on any atom is -0.382 e. The normalized spacial score (nSPS) is 25.4. The number of anilines is 1. The third-order valence-corrected chi connectivity index (χ3v) is 5.29. The highest BCUT2D eigenvalue weighted by atomic mass is 79.9. The summed E-state index contributed by atoms with van der Waals surface area (Å²) in [5.74, 6) is 1.61. The molecule has 1 fully saturated rings. The van der Waals surface area contributed by atoms with E-state index in [1.807, 2.05) is 18.2 Å². The molecule has 1 aliphatic heterocycles. The summed E-state index contributed by atoms with van der Waals surface area (Å²) in [6.45, 7) is 0. The Bertz CT molecular complexity index is 403. The average Bonchev–Trinajstić information content (AvgIpc) is 2.27. The summed E-state index contributed by atoms with van der Waals surface area (Å²) < 4.78 is 12.1. The van der Waals surface area contributed by atoms with Crippen LogP contribution in [0, 0.1) is 0 Å². The quantitative estimate of drug-likeness (QED) is 0.904. The Balaban J connectivity index is 1.98. The van der Waals surface area contributed by atoms with Crippen LogP contribution in [0.5, 0.6) is 0 Å². The fraction of sp³-hybridized carbons (Fsp3) is 0.455. The zero-order valence-electron chi connectivity index (χ0n) is 8.71. The standard InChI is InChI=1S/C11H13BrClNOS/c12-10-2-1-9(7-11(10)13)14-8-3-5-16(15)6-4-8/h1-2,7-8,14H,3-6H2. The summed E-state index contributed by atoms with van der Waals surface area (Å²) in [7, 11) is -0.601. The molecule has 0 atom stereocenters. The highest BCUT2D eigenvalue weighted by Crippen LogP contribution is 2.26. The Hall–Kier alpha value is -0.0600. The van der Waals surface area contributed by atoms with Crippen molar-refractivity contribution >= 4 is 44.0 Å². The van der Waals surface area contributed by atoms with E-state index in [9.17, 15) is 4.21 Å². The van der Waals surface area contributed by atoms with Gasteiger partial charge in [0.1, 0.15) is 0 Å². The Labute approximate surface area is 111 Å². The van der Waals surface area contributed by atoms with Crippen molar-refractivity contribution in [2.24, 2.45) is 0 Å². The summed E-state index contributed by atoms with van der Waals surface area (Å²) >= 11 is 9.38. The van der Waals surface area contributed by atoms with Gasteiger partial charge >= 0.3 is 0 Å². The van der Waals surface area contributed by atoms with E-state index in [2.05, 4.69) is 21.2 Å². The predicted molar refractivity (Wildman–Crippen MR) is 73.7 cm³/mol. The van der Waals surface area contributed by atoms with Crippen LogP contribution in [0.15, 0.2) is 22.7 Å². The van der Waals surface area contributed by atoms with Gasteiger partial charge in [-0.05, 0) is 47.0 Å². The summed E-state index contributed by atoms with van der Waals surface area (Å²) in [6, 6.07) is 6.28. The molecule has 2 rings (SSSR count). The van der Waals surface area contributed by atoms with E-state index in [-0.39, 0.29) is 0 Å². The highest BCUT2D eigenvalue weighted by Gasteiger charge is 2.17. The SMILES string of the molecule is O=S1CCC(Nc2ccc(Br)c(Cl)c2)CC1. The van der Waals surface area contributed by atoms with Crippen molar-refractivity contribution < 1.29 is 4.21 Å². The third kappa shape index (κ3) is 3.22. The van der Waals surface area contributed by atoms with Crippen LogP contribution in [0.3, 0.4) is 0 Å². The molecule has 1 heterocycles. The van der Waals surface area contributed by atoms with Crippen LogP contribution in [0.4, 0.5) is 5.69 Å². The summed E-state index contributed by atoms with van der Waals surface area (Å²) in [5, 5.41) is 4.14. The van der Waals surface area contributed by atoms with E-state index >= 15 is 0 Å². The Morgan fingerprint density at radius 1 is 1.38 bits per heavy atom. The maximum atomic E-state index is 11.2. The highest BCUT2D eigenvalue weighted by molar-refractivity contribution is 9.10. The molecule has 5 heteroatoms. The zero-order valence-corrected chi connectivity index (χ0v) is 11.9. The molecule has 1 aromatic carbocycles. The second-order valence-corrected chi connectivity index (χ2v) is 6.85. The molecule has 0 aromatic heterocycles. The largest absolute Gasteiger partial charge is 0.382 e. The number of hydrogen-bond acceptors (Lipinski definition) is 2. The van der Waals surface area contributed by atoms with Crippen molar-refractivity contribution in [3.8, 4) is 0 Å². The number of halogens is 2. The average molecular weight is 323 g/mol. The second kappa shape index (κ2) is 5.52. The lowest BCUT2D eigenvalue weighted by atomic mass is 10.1. The van der Waals surface area contributed by atoms with E-state index in [4.69, 9.17) is 11.6 Å². The molecule has 1 aliphatic rings. The molecule has 0 amide bonds. The maximum Gasteiger partial charge on any atom is 0.0568 e. The summed E-state index contributed by atoms with van der Waals surface area (Å²) in [5.41, 5.74) is 1.03. The molecule has 88 valence electrons. The summed E-state index contributed by atoms with van der Waals surface area (Å²) in [4.78, 5) is 0. The van der Waals surface area contributed by atoms with Gasteiger partial charge in [-0.15, -0.1) is 0 Å². The van der Waals surface area contributed by atoms with Crippen molar-refractivity contribution in [2.45, 2.75) is 18.9 Å². The van der Waals surface area contributed by atoms with Crippen molar-refractivity contribution in [2.75, 3.05) is 16.8 Å². The van der Waals surface area contributed by atoms with E-state index in [0.29, 0.717) is 11.1 Å². The molecule has 0 saturated carbocycles. The van der Waals surface area contributed by atoms with Crippen LogP contribution in [-0.4, -0.2) is 21.8 Å². The van der Waals surface area contributed by atoms with Crippen LogP contribution >= 0.6 is 27.5 Å². The van der Waals surface area contributed by atoms with Gasteiger partial charge in [-0.3, -0.25) is 4.21 Å². The summed E-state index contributed by atoms with van der Waals surface area (Å²) in [6.07, 6.45) is 1.95. The van der Waals surface area contributed by atoms with E-state index in [1.54, 1.807) is 0 Å². The predicted octanol–water partition coefficient (Wildman–Crippen LogP) is 3.43. The first kappa shape index (κ1) is 12.4. The molecule has 1 N–H and O–H groups in total. The fourth-order valence-electron chi connectivity index (χ4n) is 1.76. The van der Waals surface area contributed by atoms with E-state index < -0.39 is 10.8 Å². The molecule has 0 unspecified atom stereocenters. The third-order valence-electron chi connectivity index (χ3n) is 2.68. The Kier molecular flexibility index (Phi) is 4.27. The number of rotatable bonds is 2. The molecule has 2 nitrogen and oxygen atoms in total. The van der Waals surface area contributed by atoms with Gasteiger partial charge in [-0.25, -0.2) is 0 Å². The van der Waals surface area contributed by atoms with Crippen LogP contribution < -0.4 is 5.32 Å². The molecule has 1 saturated heterocycles. The van der Waals surface area contributed by atoms with Gasteiger partial charge in [0.05, 0.1) is 5.02 Å². The van der Waals surface area contributed by atoms with Gasteiger partial charge in [0.25, 0.3) is 0 Å². The van der Waals surface area contributed by atoms with Crippen molar-refractivity contribution in [1.29, 1.82) is 0 Å². The number of benzene rings is 1. The lowest BCUT2D eigenvalue weighted by Crippen LogP contribution is -2.29. The lowest BCUT2D eigenvalue weighted by molar-refractivity contribution is 0.624. The Morgan fingerprint density at radius 3 is 2.69 bits per heavy atom. The van der Waals surface area contributed by atoms with Gasteiger partial charge in [-0.1, -0.05) is 11.6 Å². The van der Waals surface area contributed by atoms with Crippen LogP contribution in [0.1, 0.15) is 12.8 Å². The first-order valence-electron chi connectivity index (χ1n) is 5.22. The van der Waals surface area contributed by atoms with Gasteiger partial charge in [0, 0.05) is 38.5 Å². The van der Waals surface area contributed by atoms with Crippen molar-refractivity contribution in [3.63, 3.8) is 0 Å². The van der Waals surface area contributed by atoms with Crippen LogP contribution in [0.2, 0.25) is 5.02 Å². The molecule has 0 bridgehead atoms. The van der Waals surface area contributed by atoms with Gasteiger partial charge in [-0.2, -0.15) is 0 Å². The Morgan fingerprint density at radius 2 is 2.06 bits per heavy atom. The zero-order chi connectivity index (χ0) is 11.5. The fourth-order valence-corrected chi connectivity index (χ4v) is 3.49. The molecule has 16 heavy (non-hydrogen) atoms. The topological polar surface area (TPSA) is 29.1 Å². The minimum atomic E-state index is -0.601. The molecule has 0 aliphatic carbocycles. The minimum absolute atomic E-state index is 0.426. The van der Waals surface area contributed by atoms with E-state index in [0.717, 1.165) is 34.5 Å². The van der Waals surface area contributed by atoms with Crippen LogP contribution in [0.25, 0.3) is 0 Å². The molecular formula is C11H13BrClNOS. The lowest BCUT2D eigenvalue weighted by Gasteiger charge is -2.23. The molecule has 1 aromatic rings. The van der Waals surface area contributed by atoms with Gasteiger partial charge in [0.2, 0.25) is 0 Å². The van der Waals surface area contributed by atoms with Gasteiger partial charge < -0.3 is 5.32 Å². The van der Waals surface area contributed by atoms with Crippen molar-refractivity contribution in [3.05, 3.63) is 27.7 Å². The van der Waals surface area contributed by atoms with Crippen LogP contribution in [-0.2, 0) is 10.8 Å². The first-order chi connectivity index (χ1) is 7.65. The first-order valence-corrected chi connectivity index (χ1v) is 7.87. The number of nitrogens with one attached hydrogen (secondary N) is 1. The maximum absolute atomic E-state index is 11.2. The van der Waals surface area contributed by atoms with Gasteiger partial charge in [0.15, 0.2) is 0 Å². The smallest absolute Gasteiger partial charge is 0.0568 e. The number of hydrogen-bond donors (Lipinski definition) is 1. The molecule has 0 spiro atoms. The second-order valence-electron chi connectivity index (χ2n) is 3.90. The molecule has 0 radical (unpaired) electrons. The monoisotopic (exact) mass is 321 g/mol.